The Morgan fingerprint density at radius 3 is 2.47 bits per heavy atom. The second-order valence-corrected chi connectivity index (χ2v) is 10.3. The van der Waals surface area contributed by atoms with Gasteiger partial charge in [-0.1, -0.05) is 32.0 Å². The van der Waals surface area contributed by atoms with Crippen LogP contribution in [-0.4, -0.2) is 33.3 Å². The predicted molar refractivity (Wildman–Crippen MR) is 129 cm³/mol. The molecule has 2 N–H and O–H groups in total. The molecule has 6 nitrogen and oxygen atoms in total. The van der Waals surface area contributed by atoms with Gasteiger partial charge >= 0.3 is 6.18 Å². The number of hydrogen-bond acceptors (Lipinski definition) is 4. The SMILES string of the molecule is Cc1nc2c(C(C)C)c(C(N)=O)c([C@H]3CCOc4ccccc43)nn2c1C1CCC(C(F)(F)F)CC1. The van der Waals surface area contributed by atoms with Crippen molar-refractivity contribution in [2.24, 2.45) is 11.7 Å². The molecule has 0 bridgehead atoms. The van der Waals surface area contributed by atoms with Gasteiger partial charge in [-0.2, -0.15) is 18.3 Å². The Morgan fingerprint density at radius 2 is 1.83 bits per heavy atom. The molecule has 1 amide bonds. The summed E-state index contributed by atoms with van der Waals surface area (Å²) in [5, 5.41) is 5.00. The van der Waals surface area contributed by atoms with E-state index in [9.17, 15) is 18.0 Å². The molecule has 1 saturated carbocycles. The maximum atomic E-state index is 13.3. The van der Waals surface area contributed by atoms with E-state index in [0.717, 1.165) is 28.3 Å². The fraction of sp³-hybridized carbons (Fsp3) is 0.519. The number of fused-ring (bicyclic) bond motifs is 2. The van der Waals surface area contributed by atoms with Gasteiger partial charge in [-0.25, -0.2) is 9.50 Å². The third-order valence-electron chi connectivity index (χ3n) is 7.74. The van der Waals surface area contributed by atoms with Gasteiger partial charge in [0.2, 0.25) is 0 Å². The zero-order valence-electron chi connectivity index (χ0n) is 20.7. The van der Waals surface area contributed by atoms with E-state index in [4.69, 9.17) is 20.6 Å². The molecule has 1 aliphatic heterocycles. The van der Waals surface area contributed by atoms with E-state index in [2.05, 4.69) is 0 Å². The Hall–Kier alpha value is -3.10. The highest BCUT2D eigenvalue weighted by molar-refractivity contribution is 5.97. The molecule has 3 heterocycles. The van der Waals surface area contributed by atoms with Crippen LogP contribution in [0.4, 0.5) is 13.2 Å². The van der Waals surface area contributed by atoms with Crippen molar-refractivity contribution in [3.05, 3.63) is 58.0 Å². The van der Waals surface area contributed by atoms with Crippen molar-refractivity contribution in [1.29, 1.82) is 0 Å². The zero-order valence-corrected chi connectivity index (χ0v) is 20.7. The van der Waals surface area contributed by atoms with E-state index in [0.29, 0.717) is 42.8 Å². The number of alkyl halides is 3. The van der Waals surface area contributed by atoms with Crippen LogP contribution in [0.2, 0.25) is 0 Å². The average Bonchev–Trinajstić information content (AvgIpc) is 3.17. The first-order chi connectivity index (χ1) is 17.1. The number of amides is 1. The van der Waals surface area contributed by atoms with Crippen LogP contribution in [0.5, 0.6) is 5.75 Å². The molecule has 0 radical (unpaired) electrons. The predicted octanol–water partition coefficient (Wildman–Crippen LogP) is 6.01. The van der Waals surface area contributed by atoms with Gasteiger partial charge in [0.1, 0.15) is 5.75 Å². The largest absolute Gasteiger partial charge is 0.493 e. The van der Waals surface area contributed by atoms with Crippen LogP contribution < -0.4 is 10.5 Å². The molecule has 3 aromatic rings. The number of carbonyl (C=O) groups excluding carboxylic acids is 1. The molecular formula is C27H31F3N4O2. The normalized spacial score (nSPS) is 22.5. The molecule has 1 aromatic carbocycles. The monoisotopic (exact) mass is 500 g/mol. The van der Waals surface area contributed by atoms with E-state index in [1.165, 1.54) is 0 Å². The van der Waals surface area contributed by atoms with Gasteiger partial charge < -0.3 is 10.5 Å². The van der Waals surface area contributed by atoms with E-state index in [1.807, 2.05) is 45.0 Å². The van der Waals surface area contributed by atoms with Gasteiger partial charge in [-0.3, -0.25) is 4.79 Å². The molecule has 1 aliphatic carbocycles. The zero-order chi connectivity index (χ0) is 25.8. The first kappa shape index (κ1) is 24.6. The fourth-order valence-corrected chi connectivity index (χ4v) is 6.05. The van der Waals surface area contributed by atoms with Crippen molar-refractivity contribution in [3.8, 4) is 5.75 Å². The lowest BCUT2D eigenvalue weighted by Gasteiger charge is -2.30. The van der Waals surface area contributed by atoms with Gasteiger partial charge in [0.25, 0.3) is 5.91 Å². The van der Waals surface area contributed by atoms with Crippen LogP contribution >= 0.6 is 0 Å². The number of aromatic nitrogens is 3. The second kappa shape index (κ2) is 9.09. The summed E-state index contributed by atoms with van der Waals surface area (Å²) in [5.74, 6) is -1.41. The minimum Gasteiger partial charge on any atom is -0.493 e. The number of rotatable bonds is 4. The number of halogens is 3. The first-order valence-electron chi connectivity index (χ1n) is 12.6. The van der Waals surface area contributed by atoms with Gasteiger partial charge in [-0.15, -0.1) is 0 Å². The molecule has 5 rings (SSSR count). The molecule has 0 spiro atoms. The Kier molecular flexibility index (Phi) is 6.21. The highest BCUT2D eigenvalue weighted by Crippen LogP contribution is 2.45. The maximum absolute atomic E-state index is 13.3. The highest BCUT2D eigenvalue weighted by Gasteiger charge is 2.42. The fourth-order valence-electron chi connectivity index (χ4n) is 6.05. The van der Waals surface area contributed by atoms with Crippen LogP contribution in [0, 0.1) is 12.8 Å². The number of ether oxygens (including phenoxy) is 1. The summed E-state index contributed by atoms with van der Waals surface area (Å²) in [6.07, 6.45) is -2.50. The summed E-state index contributed by atoms with van der Waals surface area (Å²) in [4.78, 5) is 17.7. The molecule has 0 saturated heterocycles. The second-order valence-electron chi connectivity index (χ2n) is 10.3. The third-order valence-corrected chi connectivity index (χ3v) is 7.74. The van der Waals surface area contributed by atoms with Crippen molar-refractivity contribution < 1.29 is 22.7 Å². The number of hydrogen-bond donors (Lipinski definition) is 1. The molecule has 1 atom stereocenters. The Bertz CT molecular complexity index is 1310. The van der Waals surface area contributed by atoms with Crippen LogP contribution in [0.3, 0.4) is 0 Å². The van der Waals surface area contributed by atoms with Crippen LogP contribution in [0.25, 0.3) is 5.65 Å². The number of nitrogens with zero attached hydrogens (tertiary/aromatic N) is 3. The average molecular weight is 501 g/mol. The number of benzene rings is 1. The molecule has 0 unspecified atom stereocenters. The Morgan fingerprint density at radius 1 is 1.14 bits per heavy atom. The van der Waals surface area contributed by atoms with Crippen LogP contribution in [0.1, 0.15) is 102 Å². The van der Waals surface area contributed by atoms with Crippen LogP contribution in [-0.2, 0) is 0 Å². The van der Waals surface area contributed by atoms with Crippen molar-refractivity contribution in [2.75, 3.05) is 6.61 Å². The Balaban J connectivity index is 1.70. The molecular weight excluding hydrogens is 469 g/mol. The smallest absolute Gasteiger partial charge is 0.391 e. The Labute approximate surface area is 208 Å². The minimum absolute atomic E-state index is 0.0672. The molecule has 36 heavy (non-hydrogen) atoms. The number of carbonyl (C=O) groups is 1. The van der Waals surface area contributed by atoms with Gasteiger partial charge in [0, 0.05) is 23.0 Å². The molecule has 192 valence electrons. The summed E-state index contributed by atoms with van der Waals surface area (Å²) in [5.41, 5.74) is 10.7. The van der Waals surface area contributed by atoms with Crippen molar-refractivity contribution in [2.45, 2.75) is 76.8 Å². The van der Waals surface area contributed by atoms with Crippen molar-refractivity contribution in [3.63, 3.8) is 0 Å². The molecule has 9 heteroatoms. The van der Waals surface area contributed by atoms with E-state index in [-0.39, 0.29) is 30.6 Å². The topological polar surface area (TPSA) is 82.5 Å². The maximum Gasteiger partial charge on any atom is 0.391 e. The van der Waals surface area contributed by atoms with E-state index < -0.39 is 18.0 Å². The summed E-state index contributed by atoms with van der Waals surface area (Å²) in [6.45, 7) is 6.33. The molecule has 2 aromatic heterocycles. The van der Waals surface area contributed by atoms with Crippen molar-refractivity contribution >= 4 is 11.6 Å². The minimum atomic E-state index is -4.16. The summed E-state index contributed by atoms with van der Waals surface area (Å²) >= 11 is 0. The number of para-hydroxylation sites is 1. The summed E-state index contributed by atoms with van der Waals surface area (Å²) in [6, 6.07) is 7.71. The summed E-state index contributed by atoms with van der Waals surface area (Å²) < 4.78 is 47.5. The quantitative estimate of drug-likeness (QED) is 0.476. The lowest BCUT2D eigenvalue weighted by Crippen LogP contribution is -2.28. The first-order valence-corrected chi connectivity index (χ1v) is 12.6. The van der Waals surface area contributed by atoms with Gasteiger partial charge in [-0.05, 0) is 51.0 Å². The highest BCUT2D eigenvalue weighted by atomic mass is 19.4. The number of aryl methyl sites for hydroxylation is 1. The molecule has 2 aliphatic rings. The van der Waals surface area contributed by atoms with Gasteiger partial charge in [0.15, 0.2) is 5.65 Å². The van der Waals surface area contributed by atoms with E-state index >= 15 is 0 Å². The molecule has 1 fully saturated rings. The van der Waals surface area contributed by atoms with Crippen molar-refractivity contribution in [1.82, 2.24) is 14.6 Å². The van der Waals surface area contributed by atoms with Crippen LogP contribution in [0.15, 0.2) is 24.3 Å². The number of imidazole rings is 1. The third kappa shape index (κ3) is 4.12. The van der Waals surface area contributed by atoms with E-state index in [1.54, 1.807) is 4.52 Å². The standard InChI is InChI=1S/C27H31F3N4O2/c1-14(2)21-22(25(31)35)23(19-12-13-36-20-7-5-4-6-18(19)20)33-34-24(15(3)32-26(21)34)16-8-10-17(11-9-16)27(28,29)30/h4-7,14,16-17,19H,8-13H2,1-3H3,(H2,31,35)/t16?,17?,19-/m0/s1. The number of nitrogens with two attached hydrogens (primary N) is 1. The summed E-state index contributed by atoms with van der Waals surface area (Å²) in [7, 11) is 0. The lowest BCUT2D eigenvalue weighted by molar-refractivity contribution is -0.182. The van der Waals surface area contributed by atoms with Gasteiger partial charge in [0.05, 0.1) is 35.2 Å². The number of primary amides is 1. The lowest BCUT2D eigenvalue weighted by atomic mass is 9.80.